The maximum Gasteiger partial charge on any atom is 0.0514 e. The molecule has 0 saturated heterocycles. The average Bonchev–Trinajstić information content (AvgIpc) is 2.76. The molecular formula is C12H21BrN2S2. The lowest BCUT2D eigenvalue weighted by Crippen LogP contribution is -2.25. The van der Waals surface area contributed by atoms with E-state index >= 15 is 0 Å². The molecule has 1 aromatic rings. The lowest BCUT2D eigenvalue weighted by molar-refractivity contribution is 0.324. The standard InChI is InChI=1S/C12H21BrN2S2/c1-3-15(4-2)5-6-16-12(8-14)11-7-10(13)9-17-11/h7,9,12H,3-6,8,14H2,1-2H3. The minimum absolute atomic E-state index is 0.446. The predicted molar refractivity (Wildman–Crippen MR) is 84.1 cm³/mol. The second-order valence-electron chi connectivity index (χ2n) is 3.79. The number of halogens is 1. The maximum atomic E-state index is 5.85. The number of rotatable bonds is 8. The van der Waals surface area contributed by atoms with Crippen molar-refractivity contribution in [1.29, 1.82) is 0 Å². The fourth-order valence-corrected chi connectivity index (χ4v) is 4.45. The fourth-order valence-electron chi connectivity index (χ4n) is 1.63. The largest absolute Gasteiger partial charge is 0.329 e. The van der Waals surface area contributed by atoms with Crippen LogP contribution in [-0.2, 0) is 0 Å². The maximum absolute atomic E-state index is 5.85. The van der Waals surface area contributed by atoms with Gasteiger partial charge in [0.05, 0.1) is 5.25 Å². The van der Waals surface area contributed by atoms with E-state index in [0.29, 0.717) is 5.25 Å². The fraction of sp³-hybridized carbons (Fsp3) is 0.667. The van der Waals surface area contributed by atoms with Crippen LogP contribution in [0.15, 0.2) is 15.9 Å². The van der Waals surface area contributed by atoms with Gasteiger partial charge in [0.1, 0.15) is 0 Å². The molecule has 0 spiro atoms. The molecule has 0 amide bonds. The number of nitrogens with zero attached hydrogens (tertiary/aromatic N) is 1. The summed E-state index contributed by atoms with van der Waals surface area (Å²) in [5, 5.41) is 2.57. The molecule has 0 aliphatic carbocycles. The van der Waals surface area contributed by atoms with Gasteiger partial charge in [0, 0.05) is 33.6 Å². The Labute approximate surface area is 121 Å². The molecule has 1 atom stereocenters. The molecular weight excluding hydrogens is 316 g/mol. The zero-order valence-corrected chi connectivity index (χ0v) is 13.7. The van der Waals surface area contributed by atoms with E-state index in [1.807, 2.05) is 11.8 Å². The second kappa shape index (κ2) is 8.53. The molecule has 0 fully saturated rings. The van der Waals surface area contributed by atoms with Crippen molar-refractivity contribution in [2.24, 2.45) is 5.73 Å². The van der Waals surface area contributed by atoms with E-state index in [4.69, 9.17) is 5.73 Å². The third-order valence-electron chi connectivity index (χ3n) is 2.74. The van der Waals surface area contributed by atoms with E-state index in [9.17, 15) is 0 Å². The number of hydrogen-bond acceptors (Lipinski definition) is 4. The molecule has 0 bridgehead atoms. The molecule has 0 aliphatic heterocycles. The highest BCUT2D eigenvalue weighted by Crippen LogP contribution is 2.33. The van der Waals surface area contributed by atoms with Gasteiger partial charge in [-0.1, -0.05) is 13.8 Å². The molecule has 0 aromatic carbocycles. The molecule has 1 rings (SSSR count). The Bertz CT molecular complexity index is 313. The SMILES string of the molecule is CCN(CC)CCSC(CN)c1cc(Br)cs1. The predicted octanol–water partition coefficient (Wildman–Crippen LogP) is 3.59. The van der Waals surface area contributed by atoms with Crippen LogP contribution in [0.3, 0.4) is 0 Å². The van der Waals surface area contributed by atoms with Gasteiger partial charge in [-0.05, 0) is 35.1 Å². The summed E-state index contributed by atoms with van der Waals surface area (Å²) in [7, 11) is 0. The van der Waals surface area contributed by atoms with Crippen LogP contribution in [0.5, 0.6) is 0 Å². The van der Waals surface area contributed by atoms with Crippen LogP contribution >= 0.6 is 39.0 Å². The summed E-state index contributed by atoms with van der Waals surface area (Å²) in [4.78, 5) is 3.83. The zero-order valence-electron chi connectivity index (χ0n) is 10.5. The van der Waals surface area contributed by atoms with E-state index in [2.05, 4.69) is 46.1 Å². The normalized spacial score (nSPS) is 13.2. The highest BCUT2D eigenvalue weighted by molar-refractivity contribution is 9.10. The quantitative estimate of drug-likeness (QED) is 0.786. The molecule has 0 saturated carbocycles. The topological polar surface area (TPSA) is 29.3 Å². The van der Waals surface area contributed by atoms with Crippen molar-refractivity contribution in [1.82, 2.24) is 4.90 Å². The summed E-state index contributed by atoms with van der Waals surface area (Å²) >= 11 is 7.26. The minimum Gasteiger partial charge on any atom is -0.329 e. The van der Waals surface area contributed by atoms with Gasteiger partial charge in [-0.3, -0.25) is 0 Å². The number of thioether (sulfide) groups is 1. The Morgan fingerprint density at radius 3 is 2.65 bits per heavy atom. The van der Waals surface area contributed by atoms with E-state index in [0.717, 1.165) is 31.9 Å². The first-order chi connectivity index (χ1) is 8.21. The monoisotopic (exact) mass is 336 g/mol. The molecule has 5 heteroatoms. The number of thiophene rings is 1. The first kappa shape index (κ1) is 15.5. The van der Waals surface area contributed by atoms with Gasteiger partial charge in [-0.15, -0.1) is 11.3 Å². The van der Waals surface area contributed by atoms with E-state index < -0.39 is 0 Å². The van der Waals surface area contributed by atoms with Crippen LogP contribution in [0.2, 0.25) is 0 Å². The lowest BCUT2D eigenvalue weighted by Gasteiger charge is -2.19. The first-order valence-electron chi connectivity index (χ1n) is 5.99. The Kier molecular flexibility index (Phi) is 7.78. The summed E-state index contributed by atoms with van der Waals surface area (Å²) in [6.45, 7) is 8.57. The minimum atomic E-state index is 0.446. The molecule has 17 heavy (non-hydrogen) atoms. The van der Waals surface area contributed by atoms with Crippen molar-refractivity contribution in [3.8, 4) is 0 Å². The lowest BCUT2D eigenvalue weighted by atomic mass is 10.3. The Hall–Kier alpha value is 0.450. The average molecular weight is 337 g/mol. The summed E-state index contributed by atoms with van der Waals surface area (Å²) in [6.07, 6.45) is 0. The van der Waals surface area contributed by atoms with E-state index in [1.165, 1.54) is 9.35 Å². The van der Waals surface area contributed by atoms with Crippen molar-refractivity contribution < 1.29 is 0 Å². The first-order valence-corrected chi connectivity index (χ1v) is 8.71. The molecule has 1 aromatic heterocycles. The van der Waals surface area contributed by atoms with Crippen molar-refractivity contribution in [2.45, 2.75) is 19.1 Å². The van der Waals surface area contributed by atoms with Crippen molar-refractivity contribution in [3.05, 3.63) is 20.8 Å². The van der Waals surface area contributed by atoms with Crippen molar-refractivity contribution in [3.63, 3.8) is 0 Å². The highest BCUT2D eigenvalue weighted by Gasteiger charge is 2.12. The third-order valence-corrected chi connectivity index (χ3v) is 5.96. The summed E-state index contributed by atoms with van der Waals surface area (Å²) in [5.74, 6) is 1.15. The van der Waals surface area contributed by atoms with Crippen molar-refractivity contribution in [2.75, 3.05) is 31.9 Å². The van der Waals surface area contributed by atoms with Gasteiger partial charge in [0.2, 0.25) is 0 Å². The van der Waals surface area contributed by atoms with Crippen LogP contribution in [0.25, 0.3) is 0 Å². The third kappa shape index (κ3) is 5.30. The summed E-state index contributed by atoms with van der Waals surface area (Å²) < 4.78 is 1.17. The molecule has 2 nitrogen and oxygen atoms in total. The van der Waals surface area contributed by atoms with E-state index in [-0.39, 0.29) is 0 Å². The molecule has 0 radical (unpaired) electrons. The van der Waals surface area contributed by atoms with Gasteiger partial charge in [0.15, 0.2) is 0 Å². The van der Waals surface area contributed by atoms with Gasteiger partial charge >= 0.3 is 0 Å². The Balaban J connectivity index is 2.38. The van der Waals surface area contributed by atoms with E-state index in [1.54, 1.807) is 11.3 Å². The summed E-state index contributed by atoms with van der Waals surface area (Å²) in [5.41, 5.74) is 5.85. The van der Waals surface area contributed by atoms with Gasteiger partial charge in [0.25, 0.3) is 0 Å². The highest BCUT2D eigenvalue weighted by atomic mass is 79.9. The molecule has 0 aliphatic rings. The van der Waals surface area contributed by atoms with Crippen molar-refractivity contribution >= 4 is 39.0 Å². The smallest absolute Gasteiger partial charge is 0.0514 e. The summed E-state index contributed by atoms with van der Waals surface area (Å²) in [6, 6.07) is 2.19. The van der Waals surface area contributed by atoms with Crippen LogP contribution in [-0.4, -0.2) is 36.8 Å². The molecule has 1 heterocycles. The number of nitrogens with two attached hydrogens (primary N) is 1. The van der Waals surface area contributed by atoms with Gasteiger partial charge in [-0.2, -0.15) is 11.8 Å². The zero-order chi connectivity index (χ0) is 12.7. The van der Waals surface area contributed by atoms with Crippen LogP contribution in [0, 0.1) is 0 Å². The Morgan fingerprint density at radius 1 is 1.47 bits per heavy atom. The van der Waals surface area contributed by atoms with Gasteiger partial charge in [-0.25, -0.2) is 0 Å². The molecule has 1 unspecified atom stereocenters. The van der Waals surface area contributed by atoms with Crippen LogP contribution in [0.1, 0.15) is 24.0 Å². The number of hydrogen-bond donors (Lipinski definition) is 1. The van der Waals surface area contributed by atoms with Gasteiger partial charge < -0.3 is 10.6 Å². The Morgan fingerprint density at radius 2 is 2.18 bits per heavy atom. The molecule has 98 valence electrons. The second-order valence-corrected chi connectivity index (χ2v) is 6.96. The van der Waals surface area contributed by atoms with Crippen LogP contribution in [0.4, 0.5) is 0 Å². The van der Waals surface area contributed by atoms with Crippen LogP contribution < -0.4 is 5.73 Å². The molecule has 2 N–H and O–H groups in total.